The van der Waals surface area contributed by atoms with Crippen LogP contribution in [0.1, 0.15) is 45.0 Å². The molecule has 0 bridgehead atoms. The molecule has 0 saturated carbocycles. The van der Waals surface area contributed by atoms with Crippen LogP contribution in [-0.4, -0.2) is 40.4 Å². The van der Waals surface area contributed by atoms with E-state index in [1.165, 1.54) is 30.8 Å². The molecule has 0 radical (unpaired) electrons. The number of nitrogens with one attached hydrogen (secondary N) is 1. The number of hydrogen-bond acceptors (Lipinski definition) is 3. The molecule has 2 heterocycles. The molecule has 1 N–H and O–H groups in total. The van der Waals surface area contributed by atoms with E-state index in [4.69, 9.17) is 0 Å². The summed E-state index contributed by atoms with van der Waals surface area (Å²) in [5.41, 5.74) is 2.54. The van der Waals surface area contributed by atoms with Gasteiger partial charge in [-0.1, -0.05) is 20.8 Å². The molecular weight excluding hydrogens is 248 g/mol. The molecule has 0 spiro atoms. The van der Waals surface area contributed by atoms with Gasteiger partial charge >= 0.3 is 0 Å². The Hall–Kier alpha value is -0.870. The van der Waals surface area contributed by atoms with Crippen LogP contribution in [0.5, 0.6) is 0 Å². The summed E-state index contributed by atoms with van der Waals surface area (Å²) in [6, 6.07) is 2.90. The van der Waals surface area contributed by atoms with E-state index in [1.807, 2.05) is 0 Å². The normalized spacial score (nSPS) is 21.4. The van der Waals surface area contributed by atoms with E-state index >= 15 is 0 Å². The number of rotatable bonds is 5. The summed E-state index contributed by atoms with van der Waals surface area (Å²) in [4.78, 5) is 2.59. The Labute approximate surface area is 123 Å². The van der Waals surface area contributed by atoms with Crippen LogP contribution in [0.15, 0.2) is 6.07 Å². The summed E-state index contributed by atoms with van der Waals surface area (Å²) < 4.78 is 2.05. The lowest BCUT2D eigenvalue weighted by atomic mass is 10.0. The monoisotopic (exact) mass is 278 g/mol. The largest absolute Gasteiger partial charge is 0.313 e. The van der Waals surface area contributed by atoms with Crippen molar-refractivity contribution >= 4 is 0 Å². The van der Waals surface area contributed by atoms with Gasteiger partial charge in [0, 0.05) is 26.2 Å². The molecule has 0 amide bonds. The third kappa shape index (κ3) is 4.32. The van der Waals surface area contributed by atoms with Crippen molar-refractivity contribution in [3.05, 3.63) is 17.5 Å². The van der Waals surface area contributed by atoms with E-state index in [2.05, 4.69) is 53.9 Å². The lowest BCUT2D eigenvalue weighted by Gasteiger charge is -2.25. The number of aromatic nitrogens is 2. The van der Waals surface area contributed by atoms with Gasteiger partial charge in [-0.15, -0.1) is 0 Å². The first-order chi connectivity index (χ1) is 9.58. The zero-order chi connectivity index (χ0) is 14.5. The third-order valence-electron chi connectivity index (χ3n) is 4.09. The standard InChI is InChI=1S/C16H30N4/c1-5-14-10-16(19(4)18-14)12-20-8-6-7-17-15(11-20)9-13(2)3/h10,13,15,17H,5-9,11-12H2,1-4H3. The van der Waals surface area contributed by atoms with Crippen LogP contribution >= 0.6 is 0 Å². The highest BCUT2D eigenvalue weighted by atomic mass is 15.3. The predicted molar refractivity (Wildman–Crippen MR) is 83.7 cm³/mol. The smallest absolute Gasteiger partial charge is 0.0625 e. The van der Waals surface area contributed by atoms with Gasteiger partial charge in [-0.05, 0) is 44.3 Å². The van der Waals surface area contributed by atoms with Crippen molar-refractivity contribution in [2.24, 2.45) is 13.0 Å². The van der Waals surface area contributed by atoms with Crippen LogP contribution in [0.2, 0.25) is 0 Å². The molecule has 20 heavy (non-hydrogen) atoms. The molecule has 4 heteroatoms. The Morgan fingerprint density at radius 2 is 2.25 bits per heavy atom. The zero-order valence-electron chi connectivity index (χ0n) is 13.5. The van der Waals surface area contributed by atoms with Crippen LogP contribution in [0.25, 0.3) is 0 Å². The molecular formula is C16H30N4. The molecule has 0 aliphatic carbocycles. The molecule has 1 saturated heterocycles. The Balaban J connectivity index is 1.97. The Bertz CT molecular complexity index is 411. The predicted octanol–water partition coefficient (Wildman–Crippen LogP) is 2.19. The molecule has 1 aromatic rings. The average molecular weight is 278 g/mol. The van der Waals surface area contributed by atoms with Gasteiger partial charge in [-0.2, -0.15) is 5.10 Å². The van der Waals surface area contributed by atoms with Gasteiger partial charge in [-0.25, -0.2) is 0 Å². The Kier molecular flexibility index (Phi) is 5.61. The first kappa shape index (κ1) is 15.5. The van der Waals surface area contributed by atoms with Crippen molar-refractivity contribution in [2.75, 3.05) is 19.6 Å². The van der Waals surface area contributed by atoms with Crippen molar-refractivity contribution < 1.29 is 0 Å². The molecule has 1 aliphatic heterocycles. The fraction of sp³-hybridized carbons (Fsp3) is 0.812. The van der Waals surface area contributed by atoms with Crippen LogP contribution in [-0.2, 0) is 20.0 Å². The fourth-order valence-electron chi connectivity index (χ4n) is 3.07. The molecule has 1 aliphatic rings. The summed E-state index contributed by atoms with van der Waals surface area (Å²) in [6.07, 6.45) is 3.53. The third-order valence-corrected chi connectivity index (χ3v) is 4.09. The van der Waals surface area contributed by atoms with E-state index in [0.29, 0.717) is 6.04 Å². The maximum atomic E-state index is 4.56. The minimum atomic E-state index is 0.636. The molecule has 1 fully saturated rings. The summed E-state index contributed by atoms with van der Waals surface area (Å²) in [6.45, 7) is 11.3. The van der Waals surface area contributed by atoms with E-state index in [-0.39, 0.29) is 0 Å². The number of nitrogens with zero attached hydrogens (tertiary/aromatic N) is 3. The fourth-order valence-corrected chi connectivity index (χ4v) is 3.07. The summed E-state index contributed by atoms with van der Waals surface area (Å²) in [7, 11) is 2.07. The molecule has 1 unspecified atom stereocenters. The molecule has 1 aromatic heterocycles. The minimum Gasteiger partial charge on any atom is -0.313 e. The summed E-state index contributed by atoms with van der Waals surface area (Å²) in [5.74, 6) is 0.760. The second-order valence-corrected chi connectivity index (χ2v) is 6.47. The lowest BCUT2D eigenvalue weighted by Crippen LogP contribution is -2.38. The highest BCUT2D eigenvalue weighted by Crippen LogP contribution is 2.13. The zero-order valence-corrected chi connectivity index (χ0v) is 13.5. The highest BCUT2D eigenvalue weighted by Gasteiger charge is 2.19. The lowest BCUT2D eigenvalue weighted by molar-refractivity contribution is 0.242. The van der Waals surface area contributed by atoms with E-state index in [1.54, 1.807) is 0 Å². The number of hydrogen-bond donors (Lipinski definition) is 1. The second-order valence-electron chi connectivity index (χ2n) is 6.47. The Morgan fingerprint density at radius 3 is 2.90 bits per heavy atom. The Morgan fingerprint density at radius 1 is 1.45 bits per heavy atom. The SMILES string of the molecule is CCc1cc(CN2CCCNC(CC(C)C)C2)n(C)n1. The van der Waals surface area contributed by atoms with Crippen molar-refractivity contribution in [3.8, 4) is 0 Å². The molecule has 2 rings (SSSR count). The molecule has 1 atom stereocenters. The summed E-state index contributed by atoms with van der Waals surface area (Å²) >= 11 is 0. The van der Waals surface area contributed by atoms with Crippen LogP contribution in [0, 0.1) is 5.92 Å². The van der Waals surface area contributed by atoms with Gasteiger partial charge < -0.3 is 5.32 Å². The quantitative estimate of drug-likeness (QED) is 0.896. The van der Waals surface area contributed by atoms with E-state index < -0.39 is 0 Å². The first-order valence-corrected chi connectivity index (χ1v) is 8.06. The minimum absolute atomic E-state index is 0.636. The van der Waals surface area contributed by atoms with Gasteiger partial charge in [-0.3, -0.25) is 9.58 Å². The average Bonchev–Trinajstić information content (AvgIpc) is 2.59. The number of aryl methyl sites for hydroxylation is 2. The van der Waals surface area contributed by atoms with Crippen molar-refractivity contribution in [1.29, 1.82) is 0 Å². The van der Waals surface area contributed by atoms with Crippen molar-refractivity contribution in [2.45, 2.75) is 52.6 Å². The molecule has 4 nitrogen and oxygen atoms in total. The van der Waals surface area contributed by atoms with Gasteiger partial charge in [0.2, 0.25) is 0 Å². The highest BCUT2D eigenvalue weighted by molar-refractivity contribution is 5.10. The van der Waals surface area contributed by atoms with Crippen LogP contribution in [0.4, 0.5) is 0 Å². The van der Waals surface area contributed by atoms with Gasteiger partial charge in [0.25, 0.3) is 0 Å². The van der Waals surface area contributed by atoms with Crippen molar-refractivity contribution in [1.82, 2.24) is 20.0 Å². The molecule has 114 valence electrons. The second kappa shape index (κ2) is 7.23. The van der Waals surface area contributed by atoms with E-state index in [0.717, 1.165) is 32.0 Å². The van der Waals surface area contributed by atoms with E-state index in [9.17, 15) is 0 Å². The van der Waals surface area contributed by atoms with Crippen molar-refractivity contribution in [3.63, 3.8) is 0 Å². The molecule has 0 aromatic carbocycles. The summed E-state index contributed by atoms with van der Waals surface area (Å²) in [5, 5.41) is 8.26. The van der Waals surface area contributed by atoms with Gasteiger partial charge in [0.1, 0.15) is 0 Å². The van der Waals surface area contributed by atoms with Crippen LogP contribution in [0.3, 0.4) is 0 Å². The maximum Gasteiger partial charge on any atom is 0.0625 e. The topological polar surface area (TPSA) is 33.1 Å². The van der Waals surface area contributed by atoms with Gasteiger partial charge in [0.05, 0.1) is 11.4 Å². The van der Waals surface area contributed by atoms with Gasteiger partial charge in [0.15, 0.2) is 0 Å². The van der Waals surface area contributed by atoms with Crippen LogP contribution < -0.4 is 5.32 Å². The first-order valence-electron chi connectivity index (χ1n) is 8.06. The maximum absolute atomic E-state index is 4.56.